The van der Waals surface area contributed by atoms with Gasteiger partial charge in [-0.15, -0.1) is 10.2 Å². The van der Waals surface area contributed by atoms with Gasteiger partial charge in [0.15, 0.2) is 0 Å². The summed E-state index contributed by atoms with van der Waals surface area (Å²) in [5.74, 6) is -0.165. The van der Waals surface area contributed by atoms with Crippen molar-refractivity contribution in [3.05, 3.63) is 83.9 Å². The number of carbonyl (C=O) groups excluding carboxylic acids is 4. The molecule has 1 saturated heterocycles. The number of hydrogen-bond donors (Lipinski definition) is 5. The molecule has 14 heteroatoms. The van der Waals surface area contributed by atoms with Crippen molar-refractivity contribution in [2.45, 2.75) is 83.8 Å². The number of aromatic amines is 1. The fraction of sp³-hybridized carbons (Fsp3) is 0.465. The number of alkyl carbamates (subject to hydrolysis) is 1. The number of H-pyrrole nitrogens is 1. The first-order valence-corrected chi connectivity index (χ1v) is 20.1. The van der Waals surface area contributed by atoms with E-state index >= 15 is 0 Å². The molecule has 0 bridgehead atoms. The number of likely N-dealkylation sites (tertiary alicyclic amines) is 1. The molecule has 5 N–H and O–H groups in total. The molecule has 4 aromatic rings. The summed E-state index contributed by atoms with van der Waals surface area (Å²) in [5, 5.41) is 26.0. The number of nitrogens with one attached hydrogen (secondary N) is 5. The maximum Gasteiger partial charge on any atom is 0.407 e. The van der Waals surface area contributed by atoms with Gasteiger partial charge in [-0.2, -0.15) is 5.21 Å². The molecule has 1 aliphatic heterocycles. The Morgan fingerprint density at radius 1 is 0.860 bits per heavy atom. The van der Waals surface area contributed by atoms with E-state index in [1.807, 2.05) is 69.3 Å². The topological polar surface area (TPSA) is 183 Å². The molecule has 302 valence electrons. The van der Waals surface area contributed by atoms with Gasteiger partial charge in [-0.05, 0) is 137 Å². The molecule has 6 rings (SSSR count). The molecule has 0 radical (unpaired) electrons. The number of amides is 4. The smallest absolute Gasteiger partial charge is 0.407 e. The standard InChI is InChI=1S/C43H55N9O5/c1-43(2,3)57-42(56)45-28-29-10-12-34(13-11-29)40(54)47-37(41(55)46-36-20-18-32(19-21-36)38-48-50-51-49-38)27-30-8-7-9-35(26-30)31-14-16-33(17-15-31)39(53)44-22-25-52-23-5-4-6-24-52/h7-9,14-21,26,29,34,37H,4-6,10-13,22-25,27-28H2,1-3H3,(H,44,53)(H,45,56)(H,46,55)(H,47,54)(H,48,49,50,51)/t29?,34?,37-/m0/s1. The van der Waals surface area contributed by atoms with Gasteiger partial charge < -0.3 is 30.9 Å². The van der Waals surface area contributed by atoms with Crippen LogP contribution in [-0.2, 0) is 20.7 Å². The van der Waals surface area contributed by atoms with Crippen molar-refractivity contribution in [1.29, 1.82) is 0 Å². The second-order valence-corrected chi connectivity index (χ2v) is 16.1. The Morgan fingerprint density at radius 3 is 2.26 bits per heavy atom. The molecule has 2 fully saturated rings. The van der Waals surface area contributed by atoms with Gasteiger partial charge in [-0.3, -0.25) is 14.4 Å². The summed E-state index contributed by atoms with van der Waals surface area (Å²) in [6.07, 6.45) is 6.40. The lowest BCUT2D eigenvalue weighted by Crippen LogP contribution is -2.48. The van der Waals surface area contributed by atoms with Crippen LogP contribution in [0, 0.1) is 11.8 Å². The Morgan fingerprint density at radius 2 is 1.58 bits per heavy atom. The van der Waals surface area contributed by atoms with Crippen molar-refractivity contribution in [2.75, 3.05) is 38.0 Å². The Hall–Kier alpha value is -5.63. The average molecular weight is 778 g/mol. The van der Waals surface area contributed by atoms with Crippen LogP contribution in [-0.4, -0.2) is 93.7 Å². The molecule has 57 heavy (non-hydrogen) atoms. The highest BCUT2D eigenvalue weighted by atomic mass is 16.6. The van der Waals surface area contributed by atoms with Gasteiger partial charge in [0.25, 0.3) is 5.91 Å². The zero-order valence-corrected chi connectivity index (χ0v) is 33.2. The van der Waals surface area contributed by atoms with E-state index in [-0.39, 0.29) is 36.0 Å². The number of rotatable bonds is 14. The molecule has 1 aliphatic carbocycles. The lowest BCUT2D eigenvalue weighted by molar-refractivity contribution is -0.130. The zero-order chi connectivity index (χ0) is 40.2. The van der Waals surface area contributed by atoms with Crippen LogP contribution in [0.3, 0.4) is 0 Å². The van der Waals surface area contributed by atoms with Crippen molar-refractivity contribution in [3.63, 3.8) is 0 Å². The lowest BCUT2D eigenvalue weighted by atomic mass is 9.81. The van der Waals surface area contributed by atoms with Crippen molar-refractivity contribution < 1.29 is 23.9 Å². The molecule has 0 unspecified atom stereocenters. The monoisotopic (exact) mass is 777 g/mol. The van der Waals surface area contributed by atoms with Crippen molar-refractivity contribution in [1.82, 2.24) is 41.5 Å². The van der Waals surface area contributed by atoms with Crippen LogP contribution in [0.5, 0.6) is 0 Å². The molecule has 3 aromatic carbocycles. The van der Waals surface area contributed by atoms with Gasteiger partial charge >= 0.3 is 6.09 Å². The number of piperidine rings is 1. The third-order valence-corrected chi connectivity index (χ3v) is 10.5. The Kier molecular flexibility index (Phi) is 14.0. The predicted octanol–water partition coefficient (Wildman–Crippen LogP) is 5.75. The van der Waals surface area contributed by atoms with Gasteiger partial charge in [-0.1, -0.05) is 42.8 Å². The summed E-state index contributed by atoms with van der Waals surface area (Å²) >= 11 is 0. The molecule has 4 amide bonds. The molecule has 0 spiro atoms. The summed E-state index contributed by atoms with van der Waals surface area (Å²) in [4.78, 5) is 55.1. The largest absolute Gasteiger partial charge is 0.444 e. The van der Waals surface area contributed by atoms with Crippen LogP contribution in [0.15, 0.2) is 72.8 Å². The zero-order valence-electron chi connectivity index (χ0n) is 33.2. The number of aromatic nitrogens is 4. The van der Waals surface area contributed by atoms with Crippen LogP contribution in [0.25, 0.3) is 22.5 Å². The number of benzene rings is 3. The Bertz CT molecular complexity index is 1930. The van der Waals surface area contributed by atoms with Crippen LogP contribution >= 0.6 is 0 Å². The Labute approximate surface area is 334 Å². The first-order chi connectivity index (χ1) is 27.5. The van der Waals surface area contributed by atoms with Crippen LogP contribution in [0.1, 0.15) is 81.6 Å². The maximum absolute atomic E-state index is 13.9. The second-order valence-electron chi connectivity index (χ2n) is 16.1. The highest BCUT2D eigenvalue weighted by molar-refractivity contribution is 5.98. The van der Waals surface area contributed by atoms with E-state index in [1.165, 1.54) is 19.3 Å². The van der Waals surface area contributed by atoms with Crippen molar-refractivity contribution >= 4 is 29.5 Å². The van der Waals surface area contributed by atoms with E-state index in [9.17, 15) is 19.2 Å². The van der Waals surface area contributed by atoms with Gasteiger partial charge in [-0.25, -0.2) is 4.79 Å². The third-order valence-electron chi connectivity index (χ3n) is 10.5. The molecule has 2 aliphatic rings. The van der Waals surface area contributed by atoms with Crippen molar-refractivity contribution in [3.8, 4) is 22.5 Å². The number of anilines is 1. The average Bonchev–Trinajstić information content (AvgIpc) is 3.76. The first-order valence-electron chi connectivity index (χ1n) is 20.1. The summed E-state index contributed by atoms with van der Waals surface area (Å²) in [7, 11) is 0. The molecule has 2 heterocycles. The van der Waals surface area contributed by atoms with E-state index in [2.05, 4.69) is 46.8 Å². The minimum atomic E-state index is -0.854. The second kappa shape index (κ2) is 19.5. The van der Waals surface area contributed by atoms with E-state index in [1.54, 1.807) is 24.3 Å². The molecular weight excluding hydrogens is 723 g/mol. The highest BCUT2D eigenvalue weighted by Crippen LogP contribution is 2.29. The molecular formula is C43H55N9O5. The van der Waals surface area contributed by atoms with Crippen molar-refractivity contribution in [2.24, 2.45) is 11.8 Å². The van der Waals surface area contributed by atoms with E-state index in [0.717, 1.165) is 54.7 Å². The van der Waals surface area contributed by atoms with Gasteiger partial charge in [0.05, 0.1) is 0 Å². The van der Waals surface area contributed by atoms with Crippen LogP contribution in [0.4, 0.5) is 10.5 Å². The van der Waals surface area contributed by atoms with E-state index < -0.39 is 17.7 Å². The van der Waals surface area contributed by atoms with E-state index in [4.69, 9.17) is 4.74 Å². The molecule has 14 nitrogen and oxygen atoms in total. The normalized spacial score (nSPS) is 17.9. The molecule has 1 atom stereocenters. The first kappa shape index (κ1) is 41.0. The summed E-state index contributed by atoms with van der Waals surface area (Å²) < 4.78 is 5.36. The number of hydrogen-bond acceptors (Lipinski definition) is 9. The summed E-state index contributed by atoms with van der Waals surface area (Å²) in [6, 6.07) is 21.7. The minimum absolute atomic E-state index is 0.0905. The number of tetrazole rings is 1. The van der Waals surface area contributed by atoms with Gasteiger partial charge in [0.2, 0.25) is 17.6 Å². The van der Waals surface area contributed by atoms with E-state index in [0.29, 0.717) is 43.0 Å². The lowest BCUT2D eigenvalue weighted by Gasteiger charge is -2.29. The van der Waals surface area contributed by atoms with Gasteiger partial charge in [0.1, 0.15) is 11.6 Å². The Balaban J connectivity index is 1.09. The number of nitrogens with zero attached hydrogens (tertiary/aromatic N) is 4. The number of carbonyl (C=O) groups is 4. The molecule has 1 saturated carbocycles. The summed E-state index contributed by atoms with van der Waals surface area (Å²) in [5.41, 5.74) is 4.08. The SMILES string of the molecule is CC(C)(C)OC(=O)NCC1CCC(C(=O)N[C@@H](Cc2cccc(-c3ccc(C(=O)NCCN4CCCCC4)cc3)c2)C(=O)Nc2ccc(-c3nn[nH]n3)cc2)CC1. The van der Waals surface area contributed by atoms with Crippen LogP contribution < -0.4 is 21.3 Å². The van der Waals surface area contributed by atoms with Crippen LogP contribution in [0.2, 0.25) is 0 Å². The van der Waals surface area contributed by atoms with Gasteiger partial charge in [0, 0.05) is 48.8 Å². The quantitative estimate of drug-likeness (QED) is 0.107. The third kappa shape index (κ3) is 12.4. The predicted molar refractivity (Wildman–Crippen MR) is 218 cm³/mol. The minimum Gasteiger partial charge on any atom is -0.444 e. The summed E-state index contributed by atoms with van der Waals surface area (Å²) in [6.45, 7) is 9.64. The highest BCUT2D eigenvalue weighted by Gasteiger charge is 2.30. The number of ether oxygens (including phenoxy) is 1. The maximum atomic E-state index is 13.9. The fourth-order valence-electron chi connectivity index (χ4n) is 7.43. The fourth-order valence-corrected chi connectivity index (χ4v) is 7.43. The molecule has 1 aromatic heterocycles.